The Hall–Kier alpha value is -0.280. The van der Waals surface area contributed by atoms with Gasteiger partial charge in [0, 0.05) is 5.56 Å². The molecule has 1 nitrogen and oxygen atoms in total. The second-order valence-electron chi connectivity index (χ2n) is 2.00. The largest absolute Gasteiger partial charge is 0.505 e. The standard InChI is InChI=1S/C7H5BrClFO/c8-5-2-1-4(3-9)7(11)6(5)10/h1-2,11H,3H2. The van der Waals surface area contributed by atoms with Crippen LogP contribution in [0.4, 0.5) is 4.39 Å². The maximum atomic E-state index is 12.8. The Morgan fingerprint density at radius 3 is 2.73 bits per heavy atom. The van der Waals surface area contributed by atoms with Gasteiger partial charge in [-0.25, -0.2) is 4.39 Å². The zero-order chi connectivity index (χ0) is 8.43. The van der Waals surface area contributed by atoms with Crippen molar-refractivity contribution in [2.45, 2.75) is 5.88 Å². The number of halogens is 3. The molecule has 0 amide bonds. The summed E-state index contributed by atoms with van der Waals surface area (Å²) in [7, 11) is 0. The van der Waals surface area contributed by atoms with Crippen LogP contribution in [0.2, 0.25) is 0 Å². The first-order chi connectivity index (χ1) is 5.16. The van der Waals surface area contributed by atoms with Crippen LogP contribution in [-0.4, -0.2) is 5.11 Å². The Balaban J connectivity index is 3.25. The second kappa shape index (κ2) is 3.41. The molecule has 0 heterocycles. The normalized spacial score (nSPS) is 10.1. The fourth-order valence-corrected chi connectivity index (χ4v) is 1.22. The van der Waals surface area contributed by atoms with Crippen LogP contribution in [0.1, 0.15) is 5.56 Å². The van der Waals surface area contributed by atoms with Crippen molar-refractivity contribution in [3.63, 3.8) is 0 Å². The molecular weight excluding hydrogens is 234 g/mol. The lowest BCUT2D eigenvalue weighted by Gasteiger charge is -2.01. The SMILES string of the molecule is Oc1c(CCl)ccc(Br)c1F. The molecule has 0 bridgehead atoms. The Labute approximate surface area is 76.9 Å². The summed E-state index contributed by atoms with van der Waals surface area (Å²) in [6.07, 6.45) is 0. The lowest BCUT2D eigenvalue weighted by molar-refractivity contribution is 0.426. The van der Waals surface area contributed by atoms with Crippen LogP contribution in [0.25, 0.3) is 0 Å². The maximum absolute atomic E-state index is 12.8. The predicted octanol–water partition coefficient (Wildman–Crippen LogP) is 3.03. The summed E-state index contributed by atoms with van der Waals surface area (Å²) >= 11 is 8.35. The molecule has 0 aliphatic heterocycles. The van der Waals surface area contributed by atoms with Gasteiger partial charge in [0.1, 0.15) is 0 Å². The molecule has 0 fully saturated rings. The predicted molar refractivity (Wildman–Crippen MR) is 45.3 cm³/mol. The number of aromatic hydroxyl groups is 1. The molecule has 1 aromatic carbocycles. The number of phenols is 1. The molecule has 0 atom stereocenters. The Kier molecular flexibility index (Phi) is 2.73. The summed E-state index contributed by atoms with van der Waals surface area (Å²) < 4.78 is 13.1. The summed E-state index contributed by atoms with van der Waals surface area (Å²) in [5.74, 6) is -0.937. The van der Waals surface area contributed by atoms with Gasteiger partial charge in [-0.1, -0.05) is 6.07 Å². The lowest BCUT2D eigenvalue weighted by Crippen LogP contribution is -1.85. The fraction of sp³-hybridized carbons (Fsp3) is 0.143. The molecule has 60 valence electrons. The summed E-state index contributed by atoms with van der Waals surface area (Å²) in [5.41, 5.74) is 0.396. The van der Waals surface area contributed by atoms with Crippen LogP contribution in [0, 0.1) is 5.82 Å². The van der Waals surface area contributed by atoms with Crippen molar-refractivity contribution in [3.8, 4) is 5.75 Å². The van der Waals surface area contributed by atoms with Crippen LogP contribution in [-0.2, 0) is 5.88 Å². The smallest absolute Gasteiger partial charge is 0.179 e. The highest BCUT2D eigenvalue weighted by Crippen LogP contribution is 2.28. The average Bonchev–Trinajstić information content (AvgIpc) is 2.01. The first-order valence-electron chi connectivity index (χ1n) is 2.88. The van der Waals surface area contributed by atoms with Gasteiger partial charge in [0.2, 0.25) is 0 Å². The molecule has 1 aromatic rings. The third kappa shape index (κ3) is 1.65. The fourth-order valence-electron chi connectivity index (χ4n) is 0.688. The van der Waals surface area contributed by atoms with E-state index >= 15 is 0 Å². The van der Waals surface area contributed by atoms with Crippen LogP contribution < -0.4 is 0 Å². The van der Waals surface area contributed by atoms with Gasteiger partial charge in [-0.05, 0) is 22.0 Å². The molecule has 0 aliphatic carbocycles. The Morgan fingerprint density at radius 2 is 2.18 bits per heavy atom. The van der Waals surface area contributed by atoms with E-state index in [4.69, 9.17) is 16.7 Å². The van der Waals surface area contributed by atoms with E-state index in [0.717, 1.165) is 0 Å². The zero-order valence-electron chi connectivity index (χ0n) is 5.44. The first-order valence-corrected chi connectivity index (χ1v) is 4.21. The van der Waals surface area contributed by atoms with Crippen molar-refractivity contribution in [2.24, 2.45) is 0 Å². The Bertz CT molecular complexity index is 277. The topological polar surface area (TPSA) is 20.2 Å². The summed E-state index contributed by atoms with van der Waals surface area (Å²) in [6, 6.07) is 3.07. The van der Waals surface area contributed by atoms with Gasteiger partial charge in [0.05, 0.1) is 10.4 Å². The molecular formula is C7H5BrClFO. The Morgan fingerprint density at radius 1 is 1.55 bits per heavy atom. The molecule has 1 rings (SSSR count). The van der Waals surface area contributed by atoms with E-state index in [1.54, 1.807) is 6.07 Å². The van der Waals surface area contributed by atoms with E-state index in [0.29, 0.717) is 5.56 Å². The summed E-state index contributed by atoms with van der Waals surface area (Å²) in [4.78, 5) is 0. The van der Waals surface area contributed by atoms with E-state index in [1.165, 1.54) is 6.07 Å². The van der Waals surface area contributed by atoms with Crippen molar-refractivity contribution < 1.29 is 9.50 Å². The monoisotopic (exact) mass is 238 g/mol. The third-order valence-electron chi connectivity index (χ3n) is 1.30. The molecule has 0 saturated carbocycles. The molecule has 0 aromatic heterocycles. The number of benzene rings is 1. The van der Waals surface area contributed by atoms with Gasteiger partial charge in [-0.2, -0.15) is 0 Å². The third-order valence-corrected chi connectivity index (χ3v) is 2.20. The molecule has 11 heavy (non-hydrogen) atoms. The number of phenolic OH excluding ortho intramolecular Hbond substituents is 1. The lowest BCUT2D eigenvalue weighted by atomic mass is 10.2. The molecule has 0 unspecified atom stereocenters. The first kappa shape index (κ1) is 8.81. The van der Waals surface area contributed by atoms with Crippen LogP contribution in [0.15, 0.2) is 16.6 Å². The van der Waals surface area contributed by atoms with Crippen LogP contribution >= 0.6 is 27.5 Å². The van der Waals surface area contributed by atoms with Gasteiger partial charge < -0.3 is 5.11 Å². The van der Waals surface area contributed by atoms with Crippen molar-refractivity contribution >= 4 is 27.5 Å². The van der Waals surface area contributed by atoms with Crippen molar-refractivity contribution in [3.05, 3.63) is 28.0 Å². The van der Waals surface area contributed by atoms with E-state index in [1.807, 2.05) is 0 Å². The van der Waals surface area contributed by atoms with Crippen molar-refractivity contribution in [1.82, 2.24) is 0 Å². The quantitative estimate of drug-likeness (QED) is 0.747. The van der Waals surface area contributed by atoms with Crippen LogP contribution in [0.3, 0.4) is 0 Å². The molecule has 1 N–H and O–H groups in total. The van der Waals surface area contributed by atoms with Gasteiger partial charge in [0.15, 0.2) is 11.6 Å². The second-order valence-corrected chi connectivity index (χ2v) is 3.12. The van der Waals surface area contributed by atoms with E-state index in [-0.39, 0.29) is 16.1 Å². The van der Waals surface area contributed by atoms with E-state index in [9.17, 15) is 4.39 Å². The number of alkyl halides is 1. The molecule has 0 radical (unpaired) electrons. The molecule has 4 heteroatoms. The minimum atomic E-state index is -0.664. The zero-order valence-corrected chi connectivity index (χ0v) is 7.78. The minimum absolute atomic E-state index is 0.107. The van der Waals surface area contributed by atoms with Gasteiger partial charge in [0.25, 0.3) is 0 Å². The number of rotatable bonds is 1. The summed E-state index contributed by atoms with van der Waals surface area (Å²) in [6.45, 7) is 0. The summed E-state index contributed by atoms with van der Waals surface area (Å²) in [5, 5.41) is 9.09. The van der Waals surface area contributed by atoms with Gasteiger partial charge in [-0.3, -0.25) is 0 Å². The molecule has 0 aliphatic rings. The maximum Gasteiger partial charge on any atom is 0.179 e. The van der Waals surface area contributed by atoms with Gasteiger partial charge in [-0.15, -0.1) is 11.6 Å². The minimum Gasteiger partial charge on any atom is -0.505 e. The number of hydrogen-bond acceptors (Lipinski definition) is 1. The number of hydrogen-bond donors (Lipinski definition) is 1. The van der Waals surface area contributed by atoms with E-state index < -0.39 is 5.82 Å². The molecule has 0 saturated heterocycles. The highest BCUT2D eigenvalue weighted by molar-refractivity contribution is 9.10. The van der Waals surface area contributed by atoms with Crippen LogP contribution in [0.5, 0.6) is 5.75 Å². The molecule has 0 spiro atoms. The highest BCUT2D eigenvalue weighted by Gasteiger charge is 2.08. The van der Waals surface area contributed by atoms with Crippen molar-refractivity contribution in [2.75, 3.05) is 0 Å². The highest BCUT2D eigenvalue weighted by atomic mass is 79.9. The van der Waals surface area contributed by atoms with E-state index in [2.05, 4.69) is 15.9 Å². The van der Waals surface area contributed by atoms with Gasteiger partial charge >= 0.3 is 0 Å². The average molecular weight is 239 g/mol. The van der Waals surface area contributed by atoms with Crippen molar-refractivity contribution in [1.29, 1.82) is 0 Å².